The Labute approximate surface area is 198 Å². The van der Waals surface area contributed by atoms with E-state index in [1.54, 1.807) is 50.2 Å². The predicted octanol–water partition coefficient (Wildman–Crippen LogP) is 4.88. The zero-order valence-electron chi connectivity index (χ0n) is 18.8. The SMILES string of the molecule is Cc1cc(-c2nn(C)c(=O)c3ccccc23)cc(C)c1OS(=O)(=O)c1ccccc1OC(F)(F)F. The largest absolute Gasteiger partial charge is 0.573 e. The van der Waals surface area contributed by atoms with Crippen LogP contribution >= 0.6 is 0 Å². The second kappa shape index (κ2) is 8.73. The molecule has 7 nitrogen and oxygen atoms in total. The van der Waals surface area contributed by atoms with Crippen LogP contribution in [0.2, 0.25) is 0 Å². The first kappa shape index (κ1) is 24.3. The van der Waals surface area contributed by atoms with E-state index in [-0.39, 0.29) is 11.3 Å². The highest BCUT2D eigenvalue weighted by Gasteiger charge is 2.34. The van der Waals surface area contributed by atoms with Gasteiger partial charge < -0.3 is 8.92 Å². The lowest BCUT2D eigenvalue weighted by atomic mass is 10.00. The van der Waals surface area contributed by atoms with Crippen LogP contribution in [0.25, 0.3) is 22.0 Å². The molecule has 0 unspecified atom stereocenters. The molecule has 0 bridgehead atoms. The number of halogens is 3. The van der Waals surface area contributed by atoms with E-state index in [4.69, 9.17) is 4.18 Å². The van der Waals surface area contributed by atoms with E-state index in [1.807, 2.05) is 0 Å². The van der Waals surface area contributed by atoms with Crippen molar-refractivity contribution in [3.8, 4) is 22.8 Å². The molecule has 0 amide bonds. The molecule has 3 aromatic carbocycles. The summed E-state index contributed by atoms with van der Waals surface area (Å²) in [5, 5.41) is 5.46. The summed E-state index contributed by atoms with van der Waals surface area (Å²) < 4.78 is 74.4. The zero-order chi connectivity index (χ0) is 25.5. The first-order chi connectivity index (χ1) is 16.4. The van der Waals surface area contributed by atoms with Gasteiger partial charge in [-0.3, -0.25) is 4.79 Å². The third-order valence-electron chi connectivity index (χ3n) is 5.23. The van der Waals surface area contributed by atoms with Crippen molar-refractivity contribution in [3.05, 3.63) is 82.1 Å². The number of nitrogens with zero attached hydrogens (tertiary/aromatic N) is 2. The molecule has 4 rings (SSSR count). The number of benzene rings is 3. The number of hydrogen-bond acceptors (Lipinski definition) is 6. The van der Waals surface area contributed by atoms with Crippen LogP contribution in [-0.4, -0.2) is 24.6 Å². The van der Waals surface area contributed by atoms with Crippen LogP contribution < -0.4 is 14.5 Å². The Morgan fingerprint density at radius 2 is 1.49 bits per heavy atom. The van der Waals surface area contributed by atoms with Gasteiger partial charge in [0.2, 0.25) is 0 Å². The second-order valence-corrected chi connectivity index (χ2v) is 9.31. The van der Waals surface area contributed by atoms with E-state index in [1.165, 1.54) is 23.9 Å². The van der Waals surface area contributed by atoms with E-state index >= 15 is 0 Å². The van der Waals surface area contributed by atoms with Gasteiger partial charge in [0.1, 0.15) is 10.6 Å². The maximum Gasteiger partial charge on any atom is 0.573 e. The first-order valence-electron chi connectivity index (χ1n) is 10.2. The molecule has 0 radical (unpaired) electrons. The topological polar surface area (TPSA) is 87.5 Å². The van der Waals surface area contributed by atoms with Gasteiger partial charge in [-0.2, -0.15) is 13.5 Å². The van der Waals surface area contributed by atoms with Crippen molar-refractivity contribution >= 4 is 20.9 Å². The fraction of sp³-hybridized carbons (Fsp3) is 0.167. The Morgan fingerprint density at radius 3 is 2.11 bits per heavy atom. The molecule has 0 aliphatic carbocycles. The quantitative estimate of drug-likeness (QED) is 0.360. The van der Waals surface area contributed by atoms with Crippen LogP contribution in [0.4, 0.5) is 13.2 Å². The molecule has 35 heavy (non-hydrogen) atoms. The molecule has 0 N–H and O–H groups in total. The molecule has 4 aromatic rings. The highest BCUT2D eigenvalue weighted by atomic mass is 32.2. The minimum absolute atomic E-state index is 0.0373. The number of aryl methyl sites for hydroxylation is 3. The Bertz CT molecular complexity index is 1590. The van der Waals surface area contributed by atoms with Crippen molar-refractivity contribution in [2.24, 2.45) is 7.05 Å². The summed E-state index contributed by atoms with van der Waals surface area (Å²) in [4.78, 5) is 11.7. The third kappa shape index (κ3) is 4.85. The van der Waals surface area contributed by atoms with Gasteiger partial charge >= 0.3 is 16.5 Å². The van der Waals surface area contributed by atoms with Gasteiger partial charge in [-0.05, 0) is 55.3 Å². The summed E-state index contributed by atoms with van der Waals surface area (Å²) in [6, 6.07) is 14.6. The molecular weight excluding hydrogens is 485 g/mol. The summed E-state index contributed by atoms with van der Waals surface area (Å²) >= 11 is 0. The minimum atomic E-state index is -5.08. The summed E-state index contributed by atoms with van der Waals surface area (Å²) in [7, 11) is -3.14. The smallest absolute Gasteiger partial charge is 0.404 e. The number of aromatic nitrogens is 2. The van der Waals surface area contributed by atoms with Crippen molar-refractivity contribution in [2.75, 3.05) is 0 Å². The second-order valence-electron chi connectivity index (χ2n) is 7.79. The van der Waals surface area contributed by atoms with Crippen molar-refractivity contribution in [3.63, 3.8) is 0 Å². The molecule has 1 heterocycles. The summed E-state index contributed by atoms with van der Waals surface area (Å²) in [5.74, 6) is -0.933. The van der Waals surface area contributed by atoms with Gasteiger partial charge in [0, 0.05) is 18.0 Å². The van der Waals surface area contributed by atoms with Crippen LogP contribution in [0.5, 0.6) is 11.5 Å². The summed E-state index contributed by atoms with van der Waals surface area (Å²) in [6.45, 7) is 3.20. The van der Waals surface area contributed by atoms with E-state index < -0.39 is 27.1 Å². The average molecular weight is 504 g/mol. The standard InChI is InChI=1S/C24H19F3N2O5S/c1-14-12-16(21-17-8-4-5-9-18(17)23(30)29(3)28-21)13-15(2)22(14)34-35(31,32)20-11-7-6-10-19(20)33-24(25,26)27/h4-13H,1-3H3. The Morgan fingerprint density at radius 1 is 0.914 bits per heavy atom. The van der Waals surface area contributed by atoms with Crippen molar-refractivity contribution < 1.29 is 30.5 Å². The van der Waals surface area contributed by atoms with Gasteiger partial charge in [-0.15, -0.1) is 13.2 Å². The van der Waals surface area contributed by atoms with E-state index in [9.17, 15) is 26.4 Å². The molecule has 0 saturated carbocycles. The Balaban J connectivity index is 1.78. The fourth-order valence-electron chi connectivity index (χ4n) is 3.75. The predicted molar refractivity (Wildman–Crippen MR) is 123 cm³/mol. The number of para-hydroxylation sites is 1. The molecule has 0 fully saturated rings. The van der Waals surface area contributed by atoms with E-state index in [0.29, 0.717) is 33.2 Å². The average Bonchev–Trinajstić information content (AvgIpc) is 2.78. The van der Waals surface area contributed by atoms with Gasteiger partial charge in [0.15, 0.2) is 5.75 Å². The van der Waals surface area contributed by atoms with Crippen molar-refractivity contribution in [1.82, 2.24) is 9.78 Å². The molecule has 1 aromatic heterocycles. The van der Waals surface area contributed by atoms with E-state index in [2.05, 4.69) is 9.84 Å². The molecule has 0 atom stereocenters. The van der Waals surface area contributed by atoms with E-state index in [0.717, 1.165) is 12.1 Å². The highest BCUT2D eigenvalue weighted by Crippen LogP contribution is 2.36. The minimum Gasteiger partial charge on any atom is -0.404 e. The molecule has 0 aliphatic rings. The molecule has 0 aliphatic heterocycles. The summed E-state index contributed by atoms with van der Waals surface area (Å²) in [5.41, 5.74) is 1.66. The van der Waals surface area contributed by atoms with Gasteiger partial charge in [0.05, 0.1) is 11.1 Å². The van der Waals surface area contributed by atoms with Gasteiger partial charge in [-0.1, -0.05) is 30.3 Å². The normalized spacial score (nSPS) is 12.1. The lowest BCUT2D eigenvalue weighted by Crippen LogP contribution is -2.20. The number of ether oxygens (including phenoxy) is 1. The van der Waals surface area contributed by atoms with Crippen LogP contribution in [0.1, 0.15) is 11.1 Å². The van der Waals surface area contributed by atoms with Crippen LogP contribution in [0, 0.1) is 13.8 Å². The maximum atomic E-state index is 12.9. The molecular formula is C24H19F3N2O5S. The molecule has 0 saturated heterocycles. The maximum absolute atomic E-state index is 12.9. The third-order valence-corrected chi connectivity index (χ3v) is 6.49. The lowest BCUT2D eigenvalue weighted by Gasteiger charge is -2.17. The number of alkyl halides is 3. The van der Waals surface area contributed by atoms with Gasteiger partial charge in [-0.25, -0.2) is 4.68 Å². The fourth-order valence-corrected chi connectivity index (χ4v) is 4.93. The molecule has 0 spiro atoms. The lowest BCUT2D eigenvalue weighted by molar-refractivity contribution is -0.275. The Hall–Kier alpha value is -3.86. The monoisotopic (exact) mass is 504 g/mol. The zero-order valence-corrected chi connectivity index (χ0v) is 19.6. The van der Waals surface area contributed by atoms with Crippen molar-refractivity contribution in [1.29, 1.82) is 0 Å². The van der Waals surface area contributed by atoms with Crippen LogP contribution in [0.3, 0.4) is 0 Å². The summed E-state index contributed by atoms with van der Waals surface area (Å²) in [6.07, 6.45) is -5.08. The van der Waals surface area contributed by atoms with Crippen LogP contribution in [-0.2, 0) is 17.2 Å². The first-order valence-corrected chi connectivity index (χ1v) is 11.6. The number of hydrogen-bond donors (Lipinski definition) is 0. The van der Waals surface area contributed by atoms with Gasteiger partial charge in [0.25, 0.3) is 5.56 Å². The molecule has 11 heteroatoms. The highest BCUT2D eigenvalue weighted by molar-refractivity contribution is 7.87. The number of fused-ring (bicyclic) bond motifs is 1. The molecule has 182 valence electrons. The van der Waals surface area contributed by atoms with Crippen LogP contribution in [0.15, 0.2) is 70.4 Å². The number of rotatable bonds is 5. The Kier molecular flexibility index (Phi) is 6.05. The van der Waals surface area contributed by atoms with Crippen molar-refractivity contribution in [2.45, 2.75) is 25.1 Å².